The molecular formula is C21H26N6O3. The van der Waals surface area contributed by atoms with E-state index in [1.807, 2.05) is 18.2 Å². The van der Waals surface area contributed by atoms with Crippen molar-refractivity contribution in [2.45, 2.75) is 69.1 Å². The summed E-state index contributed by atoms with van der Waals surface area (Å²) in [6, 6.07) is 6.14. The molecule has 3 N–H and O–H groups in total. The lowest BCUT2D eigenvalue weighted by atomic mass is 10.0. The number of ether oxygens (including phenoxy) is 1. The summed E-state index contributed by atoms with van der Waals surface area (Å²) >= 11 is 0. The fraction of sp³-hybridized carbons (Fsp3) is 0.524. The van der Waals surface area contributed by atoms with Gasteiger partial charge in [0.05, 0.1) is 12.4 Å². The van der Waals surface area contributed by atoms with Crippen LogP contribution in [0, 0.1) is 0 Å². The second kappa shape index (κ2) is 8.25. The van der Waals surface area contributed by atoms with Crippen molar-refractivity contribution in [1.82, 2.24) is 24.5 Å². The summed E-state index contributed by atoms with van der Waals surface area (Å²) in [7, 11) is 0. The number of nitrogens with zero attached hydrogens (tertiary/aromatic N) is 5. The summed E-state index contributed by atoms with van der Waals surface area (Å²) in [5, 5.41) is 24.7. The zero-order chi connectivity index (χ0) is 20.5. The number of hydrogen-bond donors (Lipinski definition) is 3. The van der Waals surface area contributed by atoms with Crippen molar-refractivity contribution in [2.75, 3.05) is 5.32 Å². The number of aromatic nitrogens is 5. The number of imidazole rings is 1. The second-order valence-corrected chi connectivity index (χ2v) is 8.08. The molecule has 2 aliphatic rings. The molecule has 3 aromatic heterocycles. The quantitative estimate of drug-likeness (QED) is 0.563. The standard InChI is InChI=1S/C21H26N6O3/c28-17-15(9-8-13-5-3-4-10-22-13)30-21(18(17)29)27-12-25-16-19(23-11-24-20(16)27)26-14-6-1-2-7-14/h3-5,10-12,14-15,17-18,21,28-29H,1-2,6-9H2,(H,23,24,26)/t15-,17-,18-,21-/m1/s1. The molecule has 1 aliphatic carbocycles. The highest BCUT2D eigenvalue weighted by Gasteiger charge is 2.44. The molecule has 30 heavy (non-hydrogen) atoms. The molecule has 5 rings (SSSR count). The van der Waals surface area contributed by atoms with Crippen LogP contribution in [0.2, 0.25) is 0 Å². The minimum Gasteiger partial charge on any atom is -0.388 e. The van der Waals surface area contributed by atoms with Crippen LogP contribution in [0.5, 0.6) is 0 Å². The molecule has 1 saturated carbocycles. The zero-order valence-electron chi connectivity index (χ0n) is 16.6. The van der Waals surface area contributed by atoms with E-state index in [1.165, 1.54) is 19.2 Å². The van der Waals surface area contributed by atoms with Gasteiger partial charge < -0.3 is 20.3 Å². The molecule has 0 aromatic carbocycles. The normalized spacial score (nSPS) is 27.1. The maximum Gasteiger partial charge on any atom is 0.167 e. The highest BCUT2D eigenvalue weighted by atomic mass is 16.6. The molecule has 3 aromatic rings. The lowest BCUT2D eigenvalue weighted by molar-refractivity contribution is -0.0368. The fourth-order valence-corrected chi connectivity index (χ4v) is 4.44. The summed E-state index contributed by atoms with van der Waals surface area (Å²) in [5.74, 6) is 0.699. The van der Waals surface area contributed by atoms with E-state index >= 15 is 0 Å². The van der Waals surface area contributed by atoms with Gasteiger partial charge in [-0.15, -0.1) is 0 Å². The lowest BCUT2D eigenvalue weighted by Crippen LogP contribution is -2.31. The van der Waals surface area contributed by atoms with Crippen LogP contribution in [-0.4, -0.2) is 59.1 Å². The van der Waals surface area contributed by atoms with Crippen molar-refractivity contribution in [3.05, 3.63) is 42.7 Å². The Hall–Kier alpha value is -2.62. The zero-order valence-corrected chi connectivity index (χ0v) is 16.6. The van der Waals surface area contributed by atoms with Gasteiger partial charge in [-0.2, -0.15) is 0 Å². The number of hydrogen-bond acceptors (Lipinski definition) is 8. The van der Waals surface area contributed by atoms with Crippen LogP contribution >= 0.6 is 0 Å². The SMILES string of the molecule is O[C@@H]1[C@H](O)[C@@H](CCc2ccccn2)O[C@H]1n1cnc2c(NC3CCCC3)ncnc21. The summed E-state index contributed by atoms with van der Waals surface area (Å²) in [6.45, 7) is 0. The van der Waals surface area contributed by atoms with E-state index in [2.05, 4.69) is 25.3 Å². The smallest absolute Gasteiger partial charge is 0.167 e. The van der Waals surface area contributed by atoms with Gasteiger partial charge >= 0.3 is 0 Å². The Morgan fingerprint density at radius 3 is 2.73 bits per heavy atom. The molecule has 0 amide bonds. The Morgan fingerprint density at radius 1 is 1.07 bits per heavy atom. The van der Waals surface area contributed by atoms with E-state index in [-0.39, 0.29) is 0 Å². The van der Waals surface area contributed by atoms with Crippen molar-refractivity contribution in [3.63, 3.8) is 0 Å². The average Bonchev–Trinajstić information content (AvgIpc) is 3.49. The van der Waals surface area contributed by atoms with Gasteiger partial charge in [0.15, 0.2) is 23.2 Å². The van der Waals surface area contributed by atoms with E-state index < -0.39 is 24.5 Å². The van der Waals surface area contributed by atoms with Crippen LogP contribution in [0.3, 0.4) is 0 Å². The van der Waals surface area contributed by atoms with Crippen molar-refractivity contribution in [2.24, 2.45) is 0 Å². The van der Waals surface area contributed by atoms with Crippen LogP contribution in [0.4, 0.5) is 5.82 Å². The molecule has 9 nitrogen and oxygen atoms in total. The minimum atomic E-state index is -1.07. The molecule has 1 saturated heterocycles. The van der Waals surface area contributed by atoms with Crippen LogP contribution in [0.15, 0.2) is 37.1 Å². The Labute approximate surface area is 174 Å². The molecule has 0 radical (unpaired) electrons. The lowest BCUT2D eigenvalue weighted by Gasteiger charge is -2.17. The van der Waals surface area contributed by atoms with Crippen molar-refractivity contribution in [3.8, 4) is 0 Å². The molecule has 4 heterocycles. The number of aliphatic hydroxyl groups is 2. The van der Waals surface area contributed by atoms with Gasteiger partial charge in [0.1, 0.15) is 18.5 Å². The number of pyridine rings is 1. The van der Waals surface area contributed by atoms with Crippen LogP contribution in [-0.2, 0) is 11.2 Å². The molecule has 0 bridgehead atoms. The third-order valence-corrected chi connectivity index (χ3v) is 6.08. The molecule has 9 heteroatoms. The first-order valence-electron chi connectivity index (χ1n) is 10.6. The number of aliphatic hydroxyl groups excluding tert-OH is 2. The first kappa shape index (κ1) is 19.3. The number of anilines is 1. The van der Waals surface area contributed by atoms with E-state index in [4.69, 9.17) is 4.74 Å². The highest BCUT2D eigenvalue weighted by Crippen LogP contribution is 2.34. The summed E-state index contributed by atoms with van der Waals surface area (Å²) in [5.41, 5.74) is 2.15. The van der Waals surface area contributed by atoms with Crippen molar-refractivity contribution >= 4 is 17.0 Å². The van der Waals surface area contributed by atoms with Gasteiger partial charge in [-0.05, 0) is 37.8 Å². The summed E-state index contributed by atoms with van der Waals surface area (Å²) < 4.78 is 7.73. The third-order valence-electron chi connectivity index (χ3n) is 6.08. The van der Waals surface area contributed by atoms with Gasteiger partial charge in [-0.3, -0.25) is 9.55 Å². The Kier molecular flexibility index (Phi) is 5.32. The first-order chi connectivity index (χ1) is 14.7. The predicted molar refractivity (Wildman–Crippen MR) is 110 cm³/mol. The van der Waals surface area contributed by atoms with Crippen LogP contribution < -0.4 is 5.32 Å². The van der Waals surface area contributed by atoms with E-state index in [1.54, 1.807) is 17.1 Å². The van der Waals surface area contributed by atoms with Crippen LogP contribution in [0.1, 0.15) is 44.0 Å². The molecule has 0 spiro atoms. The van der Waals surface area contributed by atoms with Gasteiger partial charge in [-0.1, -0.05) is 18.9 Å². The molecule has 158 valence electrons. The van der Waals surface area contributed by atoms with Gasteiger partial charge in [-0.25, -0.2) is 15.0 Å². The van der Waals surface area contributed by atoms with Gasteiger partial charge in [0, 0.05) is 17.9 Å². The summed E-state index contributed by atoms with van der Waals surface area (Å²) in [4.78, 5) is 17.5. The maximum atomic E-state index is 10.7. The first-order valence-corrected chi connectivity index (χ1v) is 10.6. The predicted octanol–water partition coefficient (Wildman–Crippen LogP) is 1.83. The largest absolute Gasteiger partial charge is 0.388 e. The number of aryl methyl sites for hydroxylation is 1. The molecule has 1 aliphatic heterocycles. The Bertz CT molecular complexity index is 991. The minimum absolute atomic E-state index is 0.402. The van der Waals surface area contributed by atoms with E-state index in [0.717, 1.165) is 18.5 Å². The maximum absolute atomic E-state index is 10.7. The van der Waals surface area contributed by atoms with Crippen molar-refractivity contribution < 1.29 is 14.9 Å². The van der Waals surface area contributed by atoms with E-state index in [9.17, 15) is 10.2 Å². The average molecular weight is 410 g/mol. The van der Waals surface area contributed by atoms with Gasteiger partial charge in [0.25, 0.3) is 0 Å². The molecule has 0 unspecified atom stereocenters. The fourth-order valence-electron chi connectivity index (χ4n) is 4.44. The van der Waals surface area contributed by atoms with E-state index in [0.29, 0.717) is 35.9 Å². The Balaban J connectivity index is 1.34. The molecule has 2 fully saturated rings. The summed E-state index contributed by atoms with van der Waals surface area (Å²) in [6.07, 6.45) is 7.43. The number of nitrogens with one attached hydrogen (secondary N) is 1. The number of rotatable bonds is 6. The second-order valence-electron chi connectivity index (χ2n) is 8.08. The highest BCUT2D eigenvalue weighted by molar-refractivity contribution is 5.82. The molecule has 4 atom stereocenters. The molecular weight excluding hydrogens is 384 g/mol. The number of fused-ring (bicyclic) bond motifs is 1. The van der Waals surface area contributed by atoms with Gasteiger partial charge in [0.2, 0.25) is 0 Å². The third kappa shape index (κ3) is 3.64. The van der Waals surface area contributed by atoms with Crippen LogP contribution in [0.25, 0.3) is 11.2 Å². The monoisotopic (exact) mass is 410 g/mol. The van der Waals surface area contributed by atoms with Crippen molar-refractivity contribution in [1.29, 1.82) is 0 Å². The Morgan fingerprint density at radius 2 is 1.93 bits per heavy atom. The topological polar surface area (TPSA) is 118 Å².